The van der Waals surface area contributed by atoms with Crippen LogP contribution in [0.1, 0.15) is 5.56 Å². The first-order chi connectivity index (χ1) is 13.4. The van der Waals surface area contributed by atoms with Crippen LogP contribution >= 0.6 is 15.9 Å². The molecule has 2 aliphatic rings. The van der Waals surface area contributed by atoms with E-state index in [9.17, 15) is 9.59 Å². The van der Waals surface area contributed by atoms with Crippen molar-refractivity contribution in [1.82, 2.24) is 0 Å². The average Bonchev–Trinajstić information content (AvgIpc) is 3.24. The fourth-order valence-electron chi connectivity index (χ4n) is 3.32. The van der Waals surface area contributed by atoms with Crippen LogP contribution in [0.3, 0.4) is 0 Å². The quantitative estimate of drug-likeness (QED) is 0.675. The number of aryl methyl sites for hydroxylation is 1. The molecule has 0 unspecified atom stereocenters. The molecule has 0 bridgehead atoms. The Morgan fingerprint density at radius 2 is 1.64 bits per heavy atom. The lowest BCUT2D eigenvalue weighted by Crippen LogP contribution is -2.40. The zero-order chi connectivity index (χ0) is 20.0. The van der Waals surface area contributed by atoms with E-state index in [-0.39, 0.29) is 0 Å². The van der Waals surface area contributed by atoms with Crippen molar-refractivity contribution in [1.29, 1.82) is 0 Å². The van der Waals surface area contributed by atoms with Gasteiger partial charge in [-0.05, 0) is 30.7 Å². The number of nitrogens with zero attached hydrogens (tertiary/aromatic N) is 4. The number of hydrogen-bond donors (Lipinski definition) is 0. The van der Waals surface area contributed by atoms with Crippen LogP contribution in [0.15, 0.2) is 51.2 Å². The smallest absolute Gasteiger partial charge is 0.263 e. The summed E-state index contributed by atoms with van der Waals surface area (Å²) in [7, 11) is 3.01. The zero-order valence-electron chi connectivity index (χ0n) is 15.4. The molecule has 0 radical (unpaired) electrons. The molecule has 0 saturated carbocycles. The number of carbonyl (C=O) groups excluding carboxylic acids is 2. The van der Waals surface area contributed by atoms with Crippen molar-refractivity contribution in [3.05, 3.63) is 46.4 Å². The number of halogens is 1. The molecule has 144 valence electrons. The number of hydrogen-bond acceptors (Lipinski definition) is 7. The maximum atomic E-state index is 13.2. The van der Waals surface area contributed by atoms with Crippen LogP contribution in [0.25, 0.3) is 0 Å². The van der Waals surface area contributed by atoms with Gasteiger partial charge in [0.2, 0.25) is 0 Å². The third kappa shape index (κ3) is 2.82. The van der Waals surface area contributed by atoms with Crippen molar-refractivity contribution in [2.45, 2.75) is 19.0 Å². The number of methoxy groups -OCH3 is 2. The molecule has 28 heavy (non-hydrogen) atoms. The summed E-state index contributed by atoms with van der Waals surface area (Å²) < 4.78 is 11.4. The minimum Gasteiger partial charge on any atom is -0.497 e. The molecule has 2 aliphatic heterocycles. The fourth-order valence-corrected chi connectivity index (χ4v) is 3.57. The van der Waals surface area contributed by atoms with Gasteiger partial charge in [-0.15, -0.1) is 0 Å². The molecule has 8 nitrogen and oxygen atoms in total. The topological polar surface area (TPSA) is 83.8 Å². The zero-order valence-corrected chi connectivity index (χ0v) is 17.0. The summed E-state index contributed by atoms with van der Waals surface area (Å²) in [5, 5.41) is 9.65. The Bertz CT molecular complexity index is 987. The molecule has 1 saturated heterocycles. The Labute approximate surface area is 169 Å². The highest BCUT2D eigenvalue weighted by Gasteiger charge is 2.55. The first kappa shape index (κ1) is 18.4. The summed E-state index contributed by atoms with van der Waals surface area (Å²) in [4.78, 5) is 27.2. The Morgan fingerprint density at radius 1 is 0.964 bits per heavy atom. The van der Waals surface area contributed by atoms with Crippen molar-refractivity contribution >= 4 is 39.1 Å². The molecule has 1 fully saturated rings. The highest BCUT2D eigenvalue weighted by atomic mass is 79.9. The van der Waals surface area contributed by atoms with E-state index < -0.39 is 23.9 Å². The monoisotopic (exact) mass is 444 g/mol. The van der Waals surface area contributed by atoms with Gasteiger partial charge in [0, 0.05) is 22.7 Å². The third-order valence-electron chi connectivity index (χ3n) is 4.78. The lowest BCUT2D eigenvalue weighted by Gasteiger charge is -2.21. The lowest BCUT2D eigenvalue weighted by molar-refractivity contribution is -0.121. The molecule has 2 aromatic rings. The van der Waals surface area contributed by atoms with E-state index in [4.69, 9.17) is 9.47 Å². The maximum absolute atomic E-state index is 13.2. The molecule has 9 heteroatoms. The first-order valence-electron chi connectivity index (χ1n) is 8.51. The van der Waals surface area contributed by atoms with Gasteiger partial charge in [-0.2, -0.15) is 5.11 Å². The summed E-state index contributed by atoms with van der Waals surface area (Å²) in [6.45, 7) is 1.94. The molecular weight excluding hydrogens is 428 g/mol. The molecule has 0 spiro atoms. The predicted molar refractivity (Wildman–Crippen MR) is 106 cm³/mol. The molecule has 2 heterocycles. The van der Waals surface area contributed by atoms with E-state index in [2.05, 4.69) is 26.3 Å². The fraction of sp³-hybridized carbons (Fsp3) is 0.263. The van der Waals surface area contributed by atoms with E-state index in [0.29, 0.717) is 22.9 Å². The van der Waals surface area contributed by atoms with Crippen LogP contribution in [0, 0.1) is 6.92 Å². The Morgan fingerprint density at radius 3 is 2.25 bits per heavy atom. The second-order valence-corrected chi connectivity index (χ2v) is 7.31. The van der Waals surface area contributed by atoms with E-state index in [1.807, 2.05) is 25.1 Å². The minimum atomic E-state index is -0.881. The number of fused-ring (bicyclic) bond motifs is 1. The molecule has 2 aromatic carbocycles. The molecule has 0 N–H and O–H groups in total. The summed E-state index contributed by atoms with van der Waals surface area (Å²) >= 11 is 3.46. The van der Waals surface area contributed by atoms with Gasteiger partial charge >= 0.3 is 0 Å². The number of rotatable bonds is 4. The van der Waals surface area contributed by atoms with Crippen molar-refractivity contribution in [2.24, 2.45) is 10.3 Å². The average molecular weight is 445 g/mol. The number of anilines is 2. The number of benzene rings is 2. The summed E-state index contributed by atoms with van der Waals surface area (Å²) in [5.74, 6) is 0.143. The van der Waals surface area contributed by atoms with Crippen molar-refractivity contribution in [3.8, 4) is 11.5 Å². The lowest BCUT2D eigenvalue weighted by atomic mass is 10.1. The molecular formula is C19H17BrN4O4. The number of imide groups is 1. The van der Waals surface area contributed by atoms with E-state index in [1.165, 1.54) is 19.2 Å². The minimum absolute atomic E-state index is 0.378. The van der Waals surface area contributed by atoms with E-state index in [1.54, 1.807) is 18.2 Å². The summed E-state index contributed by atoms with van der Waals surface area (Å²) in [6.07, 6.45) is 0. The normalized spacial score (nSPS) is 20.7. The largest absolute Gasteiger partial charge is 0.497 e. The number of ether oxygens (including phenoxy) is 2. The van der Waals surface area contributed by atoms with Gasteiger partial charge < -0.3 is 9.47 Å². The maximum Gasteiger partial charge on any atom is 0.263 e. The molecule has 2 atom stereocenters. The van der Waals surface area contributed by atoms with Gasteiger partial charge in [0.15, 0.2) is 12.1 Å². The summed E-state index contributed by atoms with van der Waals surface area (Å²) in [6, 6.07) is 8.80. The highest BCUT2D eigenvalue weighted by molar-refractivity contribution is 9.10. The predicted octanol–water partition coefficient (Wildman–Crippen LogP) is 3.27. The van der Waals surface area contributed by atoms with Crippen LogP contribution in [-0.4, -0.2) is 38.1 Å². The second-order valence-electron chi connectivity index (χ2n) is 6.46. The summed E-state index contributed by atoms with van der Waals surface area (Å²) in [5.41, 5.74) is 2.06. The van der Waals surface area contributed by atoms with Gasteiger partial charge in [0.25, 0.3) is 11.8 Å². The standard InChI is InChI=1S/C19H17BrN4O4/c1-10-6-11(4-5-15(10)20)24-17-16(21-22-24)18(25)23(19(17)26)12-7-13(27-2)9-14(8-12)28-3/h4-9,16-17H,1-3H3/t16-,17+/m1/s1. The van der Waals surface area contributed by atoms with Crippen LogP contribution < -0.4 is 19.4 Å². The third-order valence-corrected chi connectivity index (χ3v) is 5.67. The molecule has 2 amide bonds. The Hall–Kier alpha value is -2.94. The van der Waals surface area contributed by atoms with Crippen molar-refractivity contribution < 1.29 is 19.1 Å². The van der Waals surface area contributed by atoms with Crippen LogP contribution in [-0.2, 0) is 9.59 Å². The molecule has 0 aliphatic carbocycles. The van der Waals surface area contributed by atoms with Crippen molar-refractivity contribution in [3.63, 3.8) is 0 Å². The Kier molecular flexibility index (Phi) is 4.54. The van der Waals surface area contributed by atoms with E-state index in [0.717, 1.165) is 14.9 Å². The van der Waals surface area contributed by atoms with Gasteiger partial charge in [-0.25, -0.2) is 9.91 Å². The second kappa shape index (κ2) is 6.90. The first-order valence-corrected chi connectivity index (χ1v) is 9.31. The van der Waals surface area contributed by atoms with Crippen LogP contribution in [0.4, 0.5) is 11.4 Å². The highest BCUT2D eigenvalue weighted by Crippen LogP contribution is 2.38. The van der Waals surface area contributed by atoms with E-state index >= 15 is 0 Å². The molecule has 0 aromatic heterocycles. The number of amides is 2. The van der Waals surface area contributed by atoms with Gasteiger partial charge in [0.05, 0.1) is 25.6 Å². The molecule has 4 rings (SSSR count). The van der Waals surface area contributed by atoms with Crippen LogP contribution in [0.5, 0.6) is 11.5 Å². The number of carbonyl (C=O) groups is 2. The Balaban J connectivity index is 1.71. The SMILES string of the molecule is COc1cc(OC)cc(N2C(=O)[C@@H]3[C@@H](N=NN3c3ccc(Br)c(C)c3)C2=O)c1. The van der Waals surface area contributed by atoms with Gasteiger partial charge in [-0.1, -0.05) is 21.2 Å². The van der Waals surface area contributed by atoms with Crippen molar-refractivity contribution in [2.75, 3.05) is 24.1 Å². The van der Waals surface area contributed by atoms with Gasteiger partial charge in [-0.3, -0.25) is 9.59 Å². The van der Waals surface area contributed by atoms with Gasteiger partial charge in [0.1, 0.15) is 11.5 Å². The van der Waals surface area contributed by atoms with Crippen LogP contribution in [0.2, 0.25) is 0 Å².